The van der Waals surface area contributed by atoms with Gasteiger partial charge in [-0.15, -0.1) is 0 Å². The van der Waals surface area contributed by atoms with E-state index < -0.39 is 12.0 Å². The lowest BCUT2D eigenvalue weighted by Crippen LogP contribution is -2.16. The van der Waals surface area contributed by atoms with Crippen LogP contribution in [-0.4, -0.2) is 23.3 Å². The molecule has 0 bridgehead atoms. The fraction of sp³-hybridized carbons (Fsp3) is 0.300. The summed E-state index contributed by atoms with van der Waals surface area (Å²) >= 11 is 3.25. The molecule has 6 heteroatoms. The number of carboxylic acid groups (broad SMARTS) is 1. The predicted molar refractivity (Wildman–Crippen MR) is 61.5 cm³/mol. The second-order valence-electron chi connectivity index (χ2n) is 3.22. The molecular weight excluding hydrogens is 278 g/mol. The molecule has 1 rings (SSSR count). The van der Waals surface area contributed by atoms with Crippen molar-refractivity contribution in [2.75, 3.05) is 7.11 Å². The minimum absolute atomic E-state index is 0.0680. The SMILES string of the molecule is COc1c(O)ccc(Br)c1C(N)CC(=O)O. The molecule has 16 heavy (non-hydrogen) atoms. The zero-order chi connectivity index (χ0) is 12.3. The van der Waals surface area contributed by atoms with E-state index in [1.165, 1.54) is 13.2 Å². The van der Waals surface area contributed by atoms with Gasteiger partial charge in [-0.05, 0) is 12.1 Å². The highest BCUT2D eigenvalue weighted by Gasteiger charge is 2.20. The molecular formula is C10H12BrNO4. The Morgan fingerprint density at radius 2 is 2.25 bits per heavy atom. The smallest absolute Gasteiger partial charge is 0.305 e. The summed E-state index contributed by atoms with van der Waals surface area (Å²) in [6, 6.07) is 2.29. The van der Waals surface area contributed by atoms with Crippen molar-refractivity contribution in [3.8, 4) is 11.5 Å². The number of hydrogen-bond acceptors (Lipinski definition) is 4. The number of ether oxygens (including phenoxy) is 1. The van der Waals surface area contributed by atoms with E-state index in [9.17, 15) is 9.90 Å². The molecule has 0 spiro atoms. The largest absolute Gasteiger partial charge is 0.504 e. The number of benzene rings is 1. The predicted octanol–water partition coefficient (Wildman–Crippen LogP) is 1.64. The third-order valence-electron chi connectivity index (χ3n) is 2.09. The molecule has 0 fully saturated rings. The Morgan fingerprint density at radius 3 is 2.75 bits per heavy atom. The van der Waals surface area contributed by atoms with Crippen molar-refractivity contribution in [2.45, 2.75) is 12.5 Å². The summed E-state index contributed by atoms with van der Waals surface area (Å²) in [5.74, 6) is -0.880. The van der Waals surface area contributed by atoms with Crippen LogP contribution < -0.4 is 10.5 Å². The molecule has 0 aliphatic rings. The van der Waals surface area contributed by atoms with Gasteiger partial charge in [0.1, 0.15) is 0 Å². The van der Waals surface area contributed by atoms with Gasteiger partial charge in [0.2, 0.25) is 0 Å². The van der Waals surface area contributed by atoms with Gasteiger partial charge in [-0.1, -0.05) is 15.9 Å². The highest BCUT2D eigenvalue weighted by Crippen LogP contribution is 2.39. The highest BCUT2D eigenvalue weighted by molar-refractivity contribution is 9.10. The lowest BCUT2D eigenvalue weighted by Gasteiger charge is -2.16. The molecule has 1 atom stereocenters. The number of rotatable bonds is 4. The number of hydrogen-bond donors (Lipinski definition) is 3. The fourth-order valence-corrected chi connectivity index (χ4v) is 2.02. The molecule has 0 amide bonds. The molecule has 1 aromatic rings. The van der Waals surface area contributed by atoms with Crippen molar-refractivity contribution in [1.29, 1.82) is 0 Å². The van der Waals surface area contributed by atoms with E-state index in [-0.39, 0.29) is 17.9 Å². The summed E-state index contributed by atoms with van der Waals surface area (Å²) in [7, 11) is 1.39. The monoisotopic (exact) mass is 289 g/mol. The first-order valence-corrected chi connectivity index (χ1v) is 5.29. The van der Waals surface area contributed by atoms with Gasteiger partial charge < -0.3 is 20.7 Å². The van der Waals surface area contributed by atoms with Crippen LogP contribution in [0.15, 0.2) is 16.6 Å². The maximum absolute atomic E-state index is 10.6. The van der Waals surface area contributed by atoms with Gasteiger partial charge in [0, 0.05) is 16.1 Å². The first-order chi connectivity index (χ1) is 7.47. The summed E-state index contributed by atoms with van der Waals surface area (Å²) in [6.07, 6.45) is -0.238. The molecule has 0 aliphatic heterocycles. The zero-order valence-electron chi connectivity index (χ0n) is 8.61. The second-order valence-corrected chi connectivity index (χ2v) is 4.07. The van der Waals surface area contributed by atoms with Crippen LogP contribution in [0.5, 0.6) is 11.5 Å². The van der Waals surface area contributed by atoms with E-state index >= 15 is 0 Å². The molecule has 88 valence electrons. The number of aromatic hydroxyl groups is 1. The van der Waals surface area contributed by atoms with Crippen molar-refractivity contribution < 1.29 is 19.7 Å². The first kappa shape index (κ1) is 12.8. The Morgan fingerprint density at radius 1 is 1.62 bits per heavy atom. The third kappa shape index (κ3) is 2.65. The van der Waals surface area contributed by atoms with Crippen molar-refractivity contribution >= 4 is 21.9 Å². The fourth-order valence-electron chi connectivity index (χ4n) is 1.41. The van der Waals surface area contributed by atoms with Gasteiger partial charge in [-0.25, -0.2) is 0 Å². The topological polar surface area (TPSA) is 92.8 Å². The maximum Gasteiger partial charge on any atom is 0.305 e. The van der Waals surface area contributed by atoms with Gasteiger partial charge in [-0.2, -0.15) is 0 Å². The van der Waals surface area contributed by atoms with Crippen LogP contribution in [0, 0.1) is 0 Å². The number of carbonyl (C=O) groups is 1. The van der Waals surface area contributed by atoms with E-state index in [1.54, 1.807) is 6.07 Å². The van der Waals surface area contributed by atoms with Gasteiger partial charge in [0.05, 0.1) is 13.5 Å². The average molecular weight is 290 g/mol. The Kier molecular flexibility index (Phi) is 4.14. The Labute approximate surface area is 101 Å². The lowest BCUT2D eigenvalue weighted by molar-refractivity contribution is -0.137. The number of halogens is 1. The molecule has 0 saturated carbocycles. The van der Waals surface area contributed by atoms with Crippen molar-refractivity contribution in [1.82, 2.24) is 0 Å². The molecule has 1 aromatic carbocycles. The van der Waals surface area contributed by atoms with Crippen LogP contribution >= 0.6 is 15.9 Å². The number of methoxy groups -OCH3 is 1. The van der Waals surface area contributed by atoms with Crippen LogP contribution in [0.25, 0.3) is 0 Å². The minimum Gasteiger partial charge on any atom is -0.504 e. The molecule has 0 radical (unpaired) electrons. The van der Waals surface area contributed by atoms with Crippen LogP contribution in [-0.2, 0) is 4.79 Å². The molecule has 0 heterocycles. The Balaban J connectivity index is 3.19. The van der Waals surface area contributed by atoms with Gasteiger partial charge >= 0.3 is 5.97 Å². The number of phenolic OH excluding ortho intramolecular Hbond substituents is 1. The third-order valence-corrected chi connectivity index (χ3v) is 2.78. The van der Waals surface area contributed by atoms with Crippen LogP contribution in [0.4, 0.5) is 0 Å². The van der Waals surface area contributed by atoms with E-state index in [0.717, 1.165) is 0 Å². The number of nitrogens with two attached hydrogens (primary N) is 1. The van der Waals surface area contributed by atoms with E-state index in [4.69, 9.17) is 15.6 Å². The summed E-state index contributed by atoms with van der Waals surface area (Å²) in [5, 5.41) is 18.2. The van der Waals surface area contributed by atoms with E-state index in [2.05, 4.69) is 15.9 Å². The second kappa shape index (κ2) is 5.18. The Bertz CT molecular complexity index is 408. The molecule has 1 unspecified atom stereocenters. The summed E-state index contributed by atoms with van der Waals surface area (Å²) in [4.78, 5) is 10.6. The van der Waals surface area contributed by atoms with Gasteiger partial charge in [0.25, 0.3) is 0 Å². The summed E-state index contributed by atoms with van der Waals surface area (Å²) < 4.78 is 5.61. The van der Waals surface area contributed by atoms with Gasteiger partial charge in [-0.3, -0.25) is 4.79 Å². The van der Waals surface area contributed by atoms with Crippen LogP contribution in [0.2, 0.25) is 0 Å². The van der Waals surface area contributed by atoms with Crippen LogP contribution in [0.3, 0.4) is 0 Å². The first-order valence-electron chi connectivity index (χ1n) is 4.50. The highest BCUT2D eigenvalue weighted by atomic mass is 79.9. The van der Waals surface area contributed by atoms with Gasteiger partial charge in [0.15, 0.2) is 11.5 Å². The van der Waals surface area contributed by atoms with E-state index in [0.29, 0.717) is 10.0 Å². The molecule has 0 aromatic heterocycles. The lowest BCUT2D eigenvalue weighted by atomic mass is 10.0. The zero-order valence-corrected chi connectivity index (χ0v) is 10.2. The summed E-state index contributed by atoms with van der Waals surface area (Å²) in [5.41, 5.74) is 6.19. The van der Waals surface area contributed by atoms with Crippen molar-refractivity contribution in [2.24, 2.45) is 5.73 Å². The summed E-state index contributed by atoms with van der Waals surface area (Å²) in [6.45, 7) is 0. The quantitative estimate of drug-likeness (QED) is 0.784. The Hall–Kier alpha value is -1.27. The number of carboxylic acids is 1. The molecule has 4 N–H and O–H groups in total. The standard InChI is InChI=1S/C10H12BrNO4/c1-16-10-7(13)3-2-5(11)9(10)6(12)4-8(14)15/h2-3,6,13H,4,12H2,1H3,(H,14,15). The van der Waals surface area contributed by atoms with Crippen molar-refractivity contribution in [3.05, 3.63) is 22.2 Å². The minimum atomic E-state index is -1.01. The number of phenols is 1. The molecule has 0 saturated heterocycles. The van der Waals surface area contributed by atoms with E-state index in [1.807, 2.05) is 0 Å². The maximum atomic E-state index is 10.6. The molecule has 0 aliphatic carbocycles. The number of aliphatic carboxylic acids is 1. The average Bonchev–Trinajstić information content (AvgIpc) is 2.19. The normalized spacial score (nSPS) is 12.2. The van der Waals surface area contributed by atoms with Crippen LogP contribution in [0.1, 0.15) is 18.0 Å². The van der Waals surface area contributed by atoms with Crippen molar-refractivity contribution in [3.63, 3.8) is 0 Å². The molecule has 5 nitrogen and oxygen atoms in total.